The molecule has 26 heavy (non-hydrogen) atoms. The fourth-order valence-electron chi connectivity index (χ4n) is 2.27. The number of hydrogen-bond donors (Lipinski definition) is 3. The third-order valence-corrected chi connectivity index (χ3v) is 3.86. The van der Waals surface area contributed by atoms with E-state index in [0.29, 0.717) is 28.3 Å². The summed E-state index contributed by atoms with van der Waals surface area (Å²) < 4.78 is 10.3. The second kappa shape index (κ2) is 8.30. The Kier molecular flexibility index (Phi) is 6.13. The standard InChI is InChI=1S/C18H18N2O5S/c1-10-14(17(22)23)5-4-6-15(10)19-18(26)20-16(21)11-7-12(24-2)9-13(8-11)25-3/h4-9H,1-3H3,(H,22,23)(H2,19,20,21,26). The first kappa shape index (κ1) is 19.2. The van der Waals surface area contributed by atoms with Crippen molar-refractivity contribution >= 4 is 34.9 Å². The average Bonchev–Trinajstić information content (AvgIpc) is 2.62. The van der Waals surface area contributed by atoms with E-state index in [2.05, 4.69) is 10.6 Å². The molecule has 2 aromatic rings. The number of benzene rings is 2. The second-order valence-electron chi connectivity index (χ2n) is 5.29. The van der Waals surface area contributed by atoms with E-state index in [1.165, 1.54) is 20.3 Å². The highest BCUT2D eigenvalue weighted by atomic mass is 32.1. The Balaban J connectivity index is 2.14. The Bertz CT molecular complexity index is 844. The van der Waals surface area contributed by atoms with Crippen LogP contribution >= 0.6 is 12.2 Å². The number of carboxylic acid groups (broad SMARTS) is 1. The number of aromatic carboxylic acids is 1. The number of ether oxygens (including phenoxy) is 2. The number of amides is 1. The van der Waals surface area contributed by atoms with Crippen molar-refractivity contribution in [1.82, 2.24) is 5.32 Å². The molecule has 8 heteroatoms. The third kappa shape index (κ3) is 4.48. The minimum atomic E-state index is -1.04. The zero-order chi connectivity index (χ0) is 19.3. The summed E-state index contributed by atoms with van der Waals surface area (Å²) in [5, 5.41) is 14.6. The molecule has 0 saturated carbocycles. The van der Waals surface area contributed by atoms with E-state index in [0.717, 1.165) is 0 Å². The minimum Gasteiger partial charge on any atom is -0.497 e. The van der Waals surface area contributed by atoms with E-state index < -0.39 is 11.9 Å². The largest absolute Gasteiger partial charge is 0.497 e. The normalized spacial score (nSPS) is 9.96. The number of nitrogens with one attached hydrogen (secondary N) is 2. The van der Waals surface area contributed by atoms with E-state index in [4.69, 9.17) is 26.8 Å². The van der Waals surface area contributed by atoms with Gasteiger partial charge < -0.3 is 19.9 Å². The predicted octanol–water partition coefficient (Wildman–Crippen LogP) is 2.84. The highest BCUT2D eigenvalue weighted by Crippen LogP contribution is 2.22. The van der Waals surface area contributed by atoms with Gasteiger partial charge in [0.05, 0.1) is 19.8 Å². The van der Waals surface area contributed by atoms with Crippen molar-refractivity contribution in [3.05, 3.63) is 53.1 Å². The van der Waals surface area contributed by atoms with Gasteiger partial charge in [0, 0.05) is 17.3 Å². The number of rotatable bonds is 5. The number of methoxy groups -OCH3 is 2. The number of carbonyl (C=O) groups is 2. The van der Waals surface area contributed by atoms with Crippen molar-refractivity contribution < 1.29 is 24.2 Å². The molecule has 0 unspecified atom stereocenters. The Labute approximate surface area is 155 Å². The van der Waals surface area contributed by atoms with E-state index in [1.807, 2.05) is 0 Å². The molecule has 0 atom stereocenters. The van der Waals surface area contributed by atoms with Crippen molar-refractivity contribution in [2.45, 2.75) is 6.92 Å². The van der Waals surface area contributed by atoms with Gasteiger partial charge in [-0.3, -0.25) is 10.1 Å². The van der Waals surface area contributed by atoms with Gasteiger partial charge in [-0.1, -0.05) is 6.07 Å². The highest BCUT2D eigenvalue weighted by molar-refractivity contribution is 7.80. The lowest BCUT2D eigenvalue weighted by molar-refractivity contribution is 0.0696. The van der Waals surface area contributed by atoms with E-state index in [-0.39, 0.29) is 10.7 Å². The maximum atomic E-state index is 12.4. The molecule has 0 spiro atoms. The number of carboxylic acids is 1. The van der Waals surface area contributed by atoms with Crippen LogP contribution in [-0.4, -0.2) is 36.3 Å². The minimum absolute atomic E-state index is 0.0439. The van der Waals surface area contributed by atoms with Crippen molar-refractivity contribution in [2.75, 3.05) is 19.5 Å². The van der Waals surface area contributed by atoms with E-state index in [1.54, 1.807) is 37.3 Å². The molecule has 0 radical (unpaired) electrons. The fourth-order valence-corrected chi connectivity index (χ4v) is 2.47. The van der Waals surface area contributed by atoms with Gasteiger partial charge >= 0.3 is 5.97 Å². The average molecular weight is 374 g/mol. The van der Waals surface area contributed by atoms with Crippen LogP contribution in [0.25, 0.3) is 0 Å². The molecular weight excluding hydrogens is 356 g/mol. The summed E-state index contributed by atoms with van der Waals surface area (Å²) in [7, 11) is 2.97. The SMILES string of the molecule is COc1cc(OC)cc(C(=O)NC(=S)Nc2cccc(C(=O)O)c2C)c1. The van der Waals surface area contributed by atoms with Crippen molar-refractivity contribution in [3.63, 3.8) is 0 Å². The molecule has 0 aliphatic heterocycles. The van der Waals surface area contributed by atoms with Crippen molar-refractivity contribution in [1.29, 1.82) is 0 Å². The lowest BCUT2D eigenvalue weighted by atomic mass is 10.1. The molecule has 0 aliphatic rings. The predicted molar refractivity (Wildman–Crippen MR) is 101 cm³/mol. The summed E-state index contributed by atoms with van der Waals surface area (Å²) >= 11 is 5.15. The molecule has 2 aromatic carbocycles. The summed E-state index contributed by atoms with van der Waals surface area (Å²) in [5.41, 5.74) is 1.47. The molecule has 0 aliphatic carbocycles. The van der Waals surface area contributed by atoms with Gasteiger partial charge in [-0.2, -0.15) is 0 Å². The smallest absolute Gasteiger partial charge is 0.336 e. The molecular formula is C18H18N2O5S. The van der Waals surface area contributed by atoms with Crippen LogP contribution in [-0.2, 0) is 0 Å². The number of thiocarbonyl (C=S) groups is 1. The third-order valence-electron chi connectivity index (χ3n) is 3.65. The molecule has 0 saturated heterocycles. The molecule has 7 nitrogen and oxygen atoms in total. The van der Waals surface area contributed by atoms with Crippen LogP contribution in [0.2, 0.25) is 0 Å². The first-order valence-corrected chi connectivity index (χ1v) is 7.95. The molecule has 2 rings (SSSR count). The topological polar surface area (TPSA) is 96.9 Å². The highest BCUT2D eigenvalue weighted by Gasteiger charge is 2.14. The zero-order valence-corrected chi connectivity index (χ0v) is 15.3. The fraction of sp³-hybridized carbons (Fsp3) is 0.167. The summed E-state index contributed by atoms with van der Waals surface area (Å²) in [6, 6.07) is 9.51. The van der Waals surface area contributed by atoms with E-state index in [9.17, 15) is 9.59 Å². The molecule has 0 heterocycles. The summed E-state index contributed by atoms with van der Waals surface area (Å²) in [6.45, 7) is 1.66. The Morgan fingerprint density at radius 1 is 1.08 bits per heavy atom. The Hall–Kier alpha value is -3.13. The first-order valence-electron chi connectivity index (χ1n) is 7.54. The lowest BCUT2D eigenvalue weighted by Crippen LogP contribution is -2.34. The van der Waals surface area contributed by atoms with Gasteiger partial charge in [0.15, 0.2) is 5.11 Å². The van der Waals surface area contributed by atoms with Gasteiger partial charge in [0.25, 0.3) is 5.91 Å². The molecule has 1 amide bonds. The molecule has 0 aromatic heterocycles. The maximum Gasteiger partial charge on any atom is 0.336 e. The van der Waals surface area contributed by atoms with Gasteiger partial charge in [-0.05, 0) is 49.0 Å². The monoisotopic (exact) mass is 374 g/mol. The van der Waals surface area contributed by atoms with Gasteiger partial charge in [-0.15, -0.1) is 0 Å². The van der Waals surface area contributed by atoms with Crippen LogP contribution in [0, 0.1) is 6.92 Å². The van der Waals surface area contributed by atoms with Crippen LogP contribution < -0.4 is 20.1 Å². The van der Waals surface area contributed by atoms with Gasteiger partial charge in [-0.25, -0.2) is 4.79 Å². The summed E-state index contributed by atoms with van der Waals surface area (Å²) in [4.78, 5) is 23.6. The van der Waals surface area contributed by atoms with Crippen molar-refractivity contribution in [2.24, 2.45) is 0 Å². The molecule has 0 bridgehead atoms. The summed E-state index contributed by atoms with van der Waals surface area (Å²) in [5.74, 6) is -0.548. The zero-order valence-electron chi connectivity index (χ0n) is 14.5. The van der Waals surface area contributed by atoms with Crippen molar-refractivity contribution in [3.8, 4) is 11.5 Å². The lowest BCUT2D eigenvalue weighted by Gasteiger charge is -2.14. The van der Waals surface area contributed by atoms with Gasteiger partial charge in [0.2, 0.25) is 0 Å². The van der Waals surface area contributed by atoms with Crippen LogP contribution in [0.15, 0.2) is 36.4 Å². The maximum absolute atomic E-state index is 12.4. The number of hydrogen-bond acceptors (Lipinski definition) is 5. The summed E-state index contributed by atoms with van der Waals surface area (Å²) in [6.07, 6.45) is 0. The first-order chi connectivity index (χ1) is 12.3. The van der Waals surface area contributed by atoms with E-state index >= 15 is 0 Å². The number of carbonyl (C=O) groups excluding carboxylic acids is 1. The second-order valence-corrected chi connectivity index (χ2v) is 5.70. The molecule has 3 N–H and O–H groups in total. The quantitative estimate of drug-likeness (QED) is 0.693. The molecule has 136 valence electrons. The number of anilines is 1. The van der Waals surface area contributed by atoms with Crippen LogP contribution in [0.3, 0.4) is 0 Å². The van der Waals surface area contributed by atoms with Gasteiger partial charge in [0.1, 0.15) is 11.5 Å². The Morgan fingerprint density at radius 2 is 1.69 bits per heavy atom. The van der Waals surface area contributed by atoms with Crippen LogP contribution in [0.1, 0.15) is 26.3 Å². The van der Waals surface area contributed by atoms with Crippen LogP contribution in [0.5, 0.6) is 11.5 Å². The van der Waals surface area contributed by atoms with Crippen LogP contribution in [0.4, 0.5) is 5.69 Å². The molecule has 0 fully saturated rings. The Morgan fingerprint density at radius 3 is 2.23 bits per heavy atom.